The number of nitrogens with one attached hydrogen (secondary N) is 1. The Balaban J connectivity index is 0.00000127. The summed E-state index contributed by atoms with van der Waals surface area (Å²) < 4.78 is 10.9. The molecule has 0 saturated carbocycles. The molecule has 0 unspecified atom stereocenters. The van der Waals surface area contributed by atoms with Crippen LogP contribution in [0.1, 0.15) is 36.2 Å². The maximum absolute atomic E-state index is 12.3. The number of rotatable bonds is 1. The molecular weight excluding hydrogens is 294 g/mol. The Morgan fingerprint density at radius 2 is 1.87 bits per heavy atom. The number of amides is 1. The van der Waals surface area contributed by atoms with E-state index in [1.165, 1.54) is 0 Å². The van der Waals surface area contributed by atoms with Gasteiger partial charge < -0.3 is 19.6 Å². The van der Waals surface area contributed by atoms with Gasteiger partial charge in [-0.25, -0.2) is 0 Å². The average Bonchev–Trinajstić information content (AvgIpc) is 2.60. The molecule has 1 aliphatic rings. The number of fused-ring (bicyclic) bond motifs is 1. The lowest BCUT2D eigenvalue weighted by molar-refractivity contribution is -0.109. The predicted octanol–water partition coefficient (Wildman–Crippen LogP) is 2.50. The van der Waals surface area contributed by atoms with Crippen LogP contribution in [0.5, 0.6) is 0 Å². The van der Waals surface area contributed by atoms with Crippen LogP contribution in [0.25, 0.3) is 0 Å². The summed E-state index contributed by atoms with van der Waals surface area (Å²) in [5, 5.41) is 2.72. The van der Waals surface area contributed by atoms with Gasteiger partial charge in [-0.15, -0.1) is 0 Å². The fourth-order valence-corrected chi connectivity index (χ4v) is 2.02. The molecule has 0 fully saturated rings. The van der Waals surface area contributed by atoms with Crippen molar-refractivity contribution in [1.82, 2.24) is 5.32 Å². The van der Waals surface area contributed by atoms with E-state index in [1.54, 1.807) is 12.1 Å². The van der Waals surface area contributed by atoms with Crippen molar-refractivity contribution in [1.29, 1.82) is 0 Å². The van der Waals surface area contributed by atoms with E-state index in [1.807, 2.05) is 38.1 Å². The van der Waals surface area contributed by atoms with Crippen molar-refractivity contribution in [2.45, 2.75) is 32.9 Å². The lowest BCUT2D eigenvalue weighted by Crippen LogP contribution is -2.36. The Morgan fingerprint density at radius 3 is 2.65 bits per heavy atom. The monoisotopic (exact) mass is 319 g/mol. The van der Waals surface area contributed by atoms with Crippen LogP contribution in [0.2, 0.25) is 0 Å². The number of aldehydes is 1. The van der Waals surface area contributed by atoms with Gasteiger partial charge in [-0.3, -0.25) is 4.79 Å². The average molecular weight is 319 g/mol. The summed E-state index contributed by atoms with van der Waals surface area (Å²) in [5.41, 5.74) is 1.33. The van der Waals surface area contributed by atoms with Crippen LogP contribution in [0, 0.1) is 0 Å². The van der Waals surface area contributed by atoms with Crippen LogP contribution in [-0.4, -0.2) is 38.1 Å². The lowest BCUT2D eigenvalue weighted by atomic mass is 10.1. The molecule has 1 N–H and O–H groups in total. The fourth-order valence-electron chi connectivity index (χ4n) is 2.02. The van der Waals surface area contributed by atoms with E-state index in [0.29, 0.717) is 38.4 Å². The van der Waals surface area contributed by atoms with Crippen molar-refractivity contribution in [2.75, 3.05) is 19.8 Å². The minimum Gasteiger partial charge on any atom is -0.375 e. The molecule has 1 heterocycles. The highest BCUT2D eigenvalue weighted by Crippen LogP contribution is 2.11. The number of benzene rings is 1. The molecule has 5 nitrogen and oxygen atoms in total. The third-order valence-corrected chi connectivity index (χ3v) is 3.14. The van der Waals surface area contributed by atoms with Gasteiger partial charge in [0.2, 0.25) is 0 Å². The van der Waals surface area contributed by atoms with E-state index in [0.717, 1.165) is 11.8 Å². The zero-order chi connectivity index (χ0) is 16.9. The Bertz CT molecular complexity index is 513. The summed E-state index contributed by atoms with van der Waals surface area (Å²) in [6, 6.07) is 6.69. The second-order valence-electron chi connectivity index (χ2n) is 4.71. The van der Waals surface area contributed by atoms with Crippen molar-refractivity contribution < 1.29 is 19.1 Å². The summed E-state index contributed by atoms with van der Waals surface area (Å²) in [5.74, 6) is -0.256. The zero-order valence-corrected chi connectivity index (χ0v) is 13.8. The molecule has 1 aromatic carbocycles. The molecule has 0 spiro atoms. The summed E-state index contributed by atoms with van der Waals surface area (Å²) in [7, 11) is 0. The van der Waals surface area contributed by atoms with Crippen LogP contribution in [0.3, 0.4) is 0 Å². The van der Waals surface area contributed by atoms with Crippen LogP contribution >= 0.6 is 0 Å². The van der Waals surface area contributed by atoms with Gasteiger partial charge >= 0.3 is 0 Å². The zero-order valence-electron chi connectivity index (χ0n) is 13.8. The molecule has 126 valence electrons. The summed E-state index contributed by atoms with van der Waals surface area (Å²) in [4.78, 5) is 23.3. The van der Waals surface area contributed by atoms with E-state index < -0.39 is 6.04 Å². The van der Waals surface area contributed by atoms with Gasteiger partial charge in [0, 0.05) is 5.56 Å². The first-order valence-electron chi connectivity index (χ1n) is 7.96. The smallest absolute Gasteiger partial charge is 0.252 e. The third-order valence-electron chi connectivity index (χ3n) is 3.14. The quantitative estimate of drug-likeness (QED) is 0.638. The Labute approximate surface area is 137 Å². The molecule has 0 aliphatic carbocycles. The molecular formula is C18H25NO4. The number of hydrogen-bond donors (Lipinski definition) is 1. The topological polar surface area (TPSA) is 64.6 Å². The largest absolute Gasteiger partial charge is 0.375 e. The Hall–Kier alpha value is -1.98. The van der Waals surface area contributed by atoms with Gasteiger partial charge in [-0.2, -0.15) is 0 Å². The first-order chi connectivity index (χ1) is 11.3. The number of ether oxygens (including phenoxy) is 2. The molecule has 0 bridgehead atoms. The third kappa shape index (κ3) is 6.76. The molecule has 1 aliphatic heterocycles. The SMILES string of the molecule is CC.O=C[C@@H]1C/C=C\COCCOCc2ccccc2C(=O)N1. The number of carbonyl (C=O) groups is 2. The van der Waals surface area contributed by atoms with Crippen molar-refractivity contribution in [3.05, 3.63) is 47.5 Å². The highest BCUT2D eigenvalue weighted by molar-refractivity contribution is 5.97. The first kappa shape index (κ1) is 19.1. The molecule has 0 saturated heterocycles. The number of hydrogen-bond acceptors (Lipinski definition) is 4. The molecule has 1 atom stereocenters. The van der Waals surface area contributed by atoms with Crippen molar-refractivity contribution in [3.8, 4) is 0 Å². The molecule has 2 rings (SSSR count). The molecule has 23 heavy (non-hydrogen) atoms. The molecule has 1 amide bonds. The van der Waals surface area contributed by atoms with E-state index in [4.69, 9.17) is 9.47 Å². The Kier molecular flexibility index (Phi) is 9.59. The number of carbonyl (C=O) groups excluding carboxylic acids is 2. The van der Waals surface area contributed by atoms with E-state index >= 15 is 0 Å². The second kappa shape index (κ2) is 11.6. The minimum atomic E-state index is -0.536. The molecule has 5 heteroatoms. The summed E-state index contributed by atoms with van der Waals surface area (Å²) >= 11 is 0. The van der Waals surface area contributed by atoms with E-state index in [2.05, 4.69) is 5.32 Å². The fraction of sp³-hybridized carbons (Fsp3) is 0.444. The maximum Gasteiger partial charge on any atom is 0.252 e. The van der Waals surface area contributed by atoms with Crippen LogP contribution in [0.4, 0.5) is 0 Å². The predicted molar refractivity (Wildman–Crippen MR) is 89.3 cm³/mol. The maximum atomic E-state index is 12.3. The second-order valence-corrected chi connectivity index (χ2v) is 4.71. The highest BCUT2D eigenvalue weighted by Gasteiger charge is 2.15. The van der Waals surface area contributed by atoms with Gasteiger partial charge in [0.25, 0.3) is 5.91 Å². The minimum absolute atomic E-state index is 0.256. The lowest BCUT2D eigenvalue weighted by Gasteiger charge is -2.14. The van der Waals surface area contributed by atoms with Crippen LogP contribution in [-0.2, 0) is 20.9 Å². The highest BCUT2D eigenvalue weighted by atomic mass is 16.5. The van der Waals surface area contributed by atoms with Crippen molar-refractivity contribution in [3.63, 3.8) is 0 Å². The molecule has 0 radical (unpaired) electrons. The molecule has 1 aromatic rings. The van der Waals surface area contributed by atoms with Gasteiger partial charge in [-0.1, -0.05) is 44.2 Å². The van der Waals surface area contributed by atoms with Crippen molar-refractivity contribution >= 4 is 12.2 Å². The van der Waals surface area contributed by atoms with Gasteiger partial charge in [0.15, 0.2) is 0 Å². The van der Waals surface area contributed by atoms with E-state index in [-0.39, 0.29) is 5.91 Å². The molecule has 0 aromatic heterocycles. The van der Waals surface area contributed by atoms with Crippen molar-refractivity contribution in [2.24, 2.45) is 0 Å². The summed E-state index contributed by atoms with van der Waals surface area (Å²) in [6.07, 6.45) is 4.87. The summed E-state index contributed by atoms with van der Waals surface area (Å²) in [6.45, 7) is 5.78. The van der Waals surface area contributed by atoms with Gasteiger partial charge in [0.1, 0.15) is 6.29 Å². The van der Waals surface area contributed by atoms with Crippen LogP contribution < -0.4 is 5.32 Å². The van der Waals surface area contributed by atoms with E-state index in [9.17, 15) is 9.59 Å². The Morgan fingerprint density at radius 1 is 1.13 bits per heavy atom. The van der Waals surface area contributed by atoms with Crippen LogP contribution in [0.15, 0.2) is 36.4 Å². The van der Waals surface area contributed by atoms with Gasteiger partial charge in [-0.05, 0) is 18.1 Å². The normalized spacial score (nSPS) is 20.8. The standard InChI is InChI=1S/C16H19NO4.C2H6/c18-11-14-6-3-4-8-20-9-10-21-12-13-5-1-2-7-15(13)16(19)17-14;1-2/h1-5,7,11,14H,6,8-10,12H2,(H,17,19);1-2H3/b4-3-;/t14-;/m0./s1. The first-order valence-corrected chi connectivity index (χ1v) is 7.96. The van der Waals surface area contributed by atoms with Gasteiger partial charge in [0.05, 0.1) is 32.5 Å².